The van der Waals surface area contributed by atoms with Crippen molar-refractivity contribution >= 4 is 29.1 Å². The Morgan fingerprint density at radius 2 is 1.72 bits per heavy atom. The lowest BCUT2D eigenvalue weighted by Gasteiger charge is -2.11. The fourth-order valence-corrected chi connectivity index (χ4v) is 2.96. The Balaban J connectivity index is 1.65. The molecule has 0 radical (unpaired) electrons. The number of nitrogens with one attached hydrogen (secondary N) is 2. The lowest BCUT2D eigenvalue weighted by Crippen LogP contribution is -2.23. The number of anilines is 1. The van der Waals surface area contributed by atoms with E-state index in [1.165, 1.54) is 7.11 Å². The molecule has 3 aromatic carbocycles. The second kappa shape index (κ2) is 9.26. The SMILES string of the molecule is COc1cc(Cl)ccc1C(=O)NCc1cccc(NC(=O)c2ccc(C)cc2)c1. The number of hydrogen-bond acceptors (Lipinski definition) is 3. The van der Waals surface area contributed by atoms with Gasteiger partial charge in [-0.2, -0.15) is 0 Å². The fourth-order valence-electron chi connectivity index (χ4n) is 2.80. The molecular formula is C23H21ClN2O3. The van der Waals surface area contributed by atoms with Gasteiger partial charge in [-0.15, -0.1) is 0 Å². The summed E-state index contributed by atoms with van der Waals surface area (Å²) in [7, 11) is 1.49. The molecular weight excluding hydrogens is 388 g/mol. The standard InChI is InChI=1S/C23H21ClN2O3/c1-15-6-8-17(9-7-15)22(27)26-19-5-3-4-16(12-19)14-25-23(28)20-11-10-18(24)13-21(20)29-2/h3-13H,14H2,1-2H3,(H,25,28)(H,26,27). The summed E-state index contributed by atoms with van der Waals surface area (Å²) in [4.78, 5) is 24.9. The first-order valence-electron chi connectivity index (χ1n) is 9.05. The Morgan fingerprint density at radius 3 is 2.45 bits per heavy atom. The maximum Gasteiger partial charge on any atom is 0.255 e. The number of methoxy groups -OCH3 is 1. The van der Waals surface area contributed by atoms with Gasteiger partial charge in [0.15, 0.2) is 0 Å². The van der Waals surface area contributed by atoms with E-state index >= 15 is 0 Å². The molecule has 0 aromatic heterocycles. The molecule has 0 fully saturated rings. The van der Waals surface area contributed by atoms with Crippen molar-refractivity contribution in [3.63, 3.8) is 0 Å². The van der Waals surface area contributed by atoms with Gasteiger partial charge in [-0.05, 0) is 55.0 Å². The van der Waals surface area contributed by atoms with Crippen LogP contribution in [-0.2, 0) is 6.54 Å². The van der Waals surface area contributed by atoms with Gasteiger partial charge in [-0.3, -0.25) is 9.59 Å². The third-order valence-electron chi connectivity index (χ3n) is 4.36. The van der Waals surface area contributed by atoms with E-state index in [1.54, 1.807) is 36.4 Å². The van der Waals surface area contributed by atoms with Crippen molar-refractivity contribution in [3.8, 4) is 5.75 Å². The van der Waals surface area contributed by atoms with E-state index in [0.29, 0.717) is 34.1 Å². The average Bonchev–Trinajstić information content (AvgIpc) is 2.72. The molecule has 0 aliphatic carbocycles. The first-order chi connectivity index (χ1) is 14.0. The minimum absolute atomic E-state index is 0.183. The van der Waals surface area contributed by atoms with Crippen LogP contribution in [0.2, 0.25) is 5.02 Å². The number of rotatable bonds is 6. The van der Waals surface area contributed by atoms with Gasteiger partial charge >= 0.3 is 0 Å². The van der Waals surface area contributed by atoms with Crippen LogP contribution in [0, 0.1) is 6.92 Å². The number of carbonyl (C=O) groups excluding carboxylic acids is 2. The summed E-state index contributed by atoms with van der Waals surface area (Å²) in [6.45, 7) is 2.28. The number of benzene rings is 3. The summed E-state index contributed by atoms with van der Waals surface area (Å²) in [5.41, 5.74) is 3.60. The van der Waals surface area contributed by atoms with Crippen LogP contribution in [0.5, 0.6) is 5.75 Å². The molecule has 3 aromatic rings. The maximum atomic E-state index is 12.5. The van der Waals surface area contributed by atoms with E-state index in [4.69, 9.17) is 16.3 Å². The van der Waals surface area contributed by atoms with Gasteiger partial charge in [0.2, 0.25) is 0 Å². The van der Waals surface area contributed by atoms with Crippen molar-refractivity contribution < 1.29 is 14.3 Å². The van der Waals surface area contributed by atoms with Crippen LogP contribution in [0.25, 0.3) is 0 Å². The van der Waals surface area contributed by atoms with Crippen LogP contribution >= 0.6 is 11.6 Å². The summed E-state index contributed by atoms with van der Waals surface area (Å²) >= 11 is 5.94. The Bertz CT molecular complexity index is 1030. The zero-order valence-electron chi connectivity index (χ0n) is 16.2. The predicted octanol–water partition coefficient (Wildman–Crippen LogP) is 4.84. The summed E-state index contributed by atoms with van der Waals surface area (Å²) < 4.78 is 5.22. The molecule has 2 amide bonds. The molecule has 0 aliphatic heterocycles. The second-order valence-corrected chi connectivity index (χ2v) is 6.98. The lowest BCUT2D eigenvalue weighted by molar-refractivity contribution is 0.0947. The Morgan fingerprint density at radius 1 is 0.966 bits per heavy atom. The number of hydrogen-bond donors (Lipinski definition) is 2. The lowest BCUT2D eigenvalue weighted by atomic mass is 10.1. The molecule has 6 heteroatoms. The highest BCUT2D eigenvalue weighted by Gasteiger charge is 2.13. The van der Waals surface area contributed by atoms with E-state index < -0.39 is 0 Å². The average molecular weight is 409 g/mol. The number of carbonyl (C=O) groups is 2. The van der Waals surface area contributed by atoms with Crippen molar-refractivity contribution in [2.75, 3.05) is 12.4 Å². The molecule has 0 unspecified atom stereocenters. The van der Waals surface area contributed by atoms with E-state index in [2.05, 4.69) is 10.6 Å². The van der Waals surface area contributed by atoms with Crippen LogP contribution < -0.4 is 15.4 Å². The minimum atomic E-state index is -0.271. The van der Waals surface area contributed by atoms with Crippen molar-refractivity contribution in [3.05, 3.63) is 94.0 Å². The summed E-state index contributed by atoms with van der Waals surface area (Å²) in [6, 6.07) is 19.5. The van der Waals surface area contributed by atoms with Crippen molar-refractivity contribution in [2.45, 2.75) is 13.5 Å². The normalized spacial score (nSPS) is 10.3. The minimum Gasteiger partial charge on any atom is -0.496 e. The van der Waals surface area contributed by atoms with Crippen LogP contribution in [0.3, 0.4) is 0 Å². The summed E-state index contributed by atoms with van der Waals surface area (Å²) in [5, 5.41) is 6.22. The summed E-state index contributed by atoms with van der Waals surface area (Å²) in [5.74, 6) is -0.0428. The van der Waals surface area contributed by atoms with E-state index in [1.807, 2.05) is 37.3 Å². The van der Waals surface area contributed by atoms with Crippen molar-refractivity contribution in [1.29, 1.82) is 0 Å². The Labute approximate surface area is 174 Å². The maximum absolute atomic E-state index is 12.5. The van der Waals surface area contributed by atoms with E-state index in [-0.39, 0.29) is 11.8 Å². The Kier molecular flexibility index (Phi) is 6.52. The molecule has 0 aliphatic rings. The zero-order chi connectivity index (χ0) is 20.8. The summed E-state index contributed by atoms with van der Waals surface area (Å²) in [6.07, 6.45) is 0. The molecule has 0 saturated heterocycles. The molecule has 29 heavy (non-hydrogen) atoms. The molecule has 0 atom stereocenters. The van der Waals surface area contributed by atoms with Crippen LogP contribution in [0.15, 0.2) is 66.7 Å². The number of aryl methyl sites for hydroxylation is 1. The predicted molar refractivity (Wildman–Crippen MR) is 115 cm³/mol. The topological polar surface area (TPSA) is 67.4 Å². The highest BCUT2D eigenvalue weighted by molar-refractivity contribution is 6.30. The van der Waals surface area contributed by atoms with Gasteiger partial charge in [-0.25, -0.2) is 0 Å². The quantitative estimate of drug-likeness (QED) is 0.613. The second-order valence-electron chi connectivity index (χ2n) is 6.55. The number of halogens is 1. The van der Waals surface area contributed by atoms with Gasteiger partial charge in [0, 0.05) is 22.8 Å². The monoisotopic (exact) mass is 408 g/mol. The molecule has 3 rings (SSSR count). The highest BCUT2D eigenvalue weighted by atomic mass is 35.5. The van der Waals surface area contributed by atoms with Gasteiger partial charge < -0.3 is 15.4 Å². The first kappa shape index (κ1) is 20.4. The van der Waals surface area contributed by atoms with Crippen molar-refractivity contribution in [1.82, 2.24) is 5.32 Å². The van der Waals surface area contributed by atoms with Crippen LogP contribution in [0.1, 0.15) is 31.8 Å². The zero-order valence-corrected chi connectivity index (χ0v) is 16.9. The van der Waals surface area contributed by atoms with Crippen LogP contribution in [0.4, 0.5) is 5.69 Å². The first-order valence-corrected chi connectivity index (χ1v) is 9.43. The third-order valence-corrected chi connectivity index (χ3v) is 4.59. The molecule has 2 N–H and O–H groups in total. The smallest absolute Gasteiger partial charge is 0.255 e. The van der Waals surface area contributed by atoms with E-state index in [0.717, 1.165) is 11.1 Å². The molecule has 148 valence electrons. The number of ether oxygens (including phenoxy) is 1. The largest absolute Gasteiger partial charge is 0.496 e. The van der Waals surface area contributed by atoms with Gasteiger partial charge in [0.1, 0.15) is 5.75 Å². The molecule has 5 nitrogen and oxygen atoms in total. The molecule has 0 heterocycles. The molecule has 0 spiro atoms. The highest BCUT2D eigenvalue weighted by Crippen LogP contribution is 2.23. The molecule has 0 saturated carbocycles. The van der Waals surface area contributed by atoms with Gasteiger partial charge in [-0.1, -0.05) is 41.4 Å². The fraction of sp³-hybridized carbons (Fsp3) is 0.130. The van der Waals surface area contributed by atoms with Gasteiger partial charge in [0.05, 0.1) is 12.7 Å². The van der Waals surface area contributed by atoms with Crippen LogP contribution in [-0.4, -0.2) is 18.9 Å². The van der Waals surface area contributed by atoms with E-state index in [9.17, 15) is 9.59 Å². The third kappa shape index (κ3) is 5.36. The Hall–Kier alpha value is -3.31. The van der Waals surface area contributed by atoms with Crippen molar-refractivity contribution in [2.24, 2.45) is 0 Å². The molecule has 0 bridgehead atoms. The van der Waals surface area contributed by atoms with Gasteiger partial charge in [0.25, 0.3) is 11.8 Å². The number of amides is 2.